The van der Waals surface area contributed by atoms with E-state index in [1.54, 1.807) is 0 Å². The van der Waals surface area contributed by atoms with Gasteiger partial charge < -0.3 is 9.47 Å². The normalized spacial score (nSPS) is 11.7. The number of benzene rings is 11. The lowest BCUT2D eigenvalue weighted by Crippen LogP contribution is -2.12. The molecule has 1 aromatic heterocycles. The van der Waals surface area contributed by atoms with Crippen LogP contribution < -0.4 is 4.90 Å². The van der Waals surface area contributed by atoms with Crippen LogP contribution in [0.25, 0.3) is 92.8 Å². The van der Waals surface area contributed by atoms with Crippen molar-refractivity contribution < 1.29 is 0 Å². The van der Waals surface area contributed by atoms with Gasteiger partial charge >= 0.3 is 0 Å². The SMILES string of the molecule is c1ccc(-c2cccc3cccc(-c4ccc(N(c5cc6ccccc6c6ccccc56)c5c6ccccc6cc6c5c5ccccc5n6-c5ccccc5)cc4)c23)cc1. The molecule has 11 aromatic carbocycles. The standard InChI is InChI=1S/C58H38N2/c1-3-17-39(18-4-1)47-30-15-21-41-22-16-31-48(56(41)47)40-33-35-45(36-34-40)60(54-37-42-19-7-9-25-46(42)50-27-11-12-28-51(50)54)58-49-26-10-8-20-43(49)38-55-57(58)52-29-13-14-32-53(52)59(55)44-23-5-2-6-24-44/h1-38H. The zero-order valence-corrected chi connectivity index (χ0v) is 32.8. The van der Waals surface area contributed by atoms with Crippen molar-refractivity contribution in [1.29, 1.82) is 0 Å². The largest absolute Gasteiger partial charge is 0.309 e. The van der Waals surface area contributed by atoms with E-state index in [1.807, 2.05) is 0 Å². The Morgan fingerprint density at radius 1 is 0.317 bits per heavy atom. The smallest absolute Gasteiger partial charge is 0.0640 e. The molecule has 60 heavy (non-hydrogen) atoms. The molecule has 0 N–H and O–H groups in total. The highest BCUT2D eigenvalue weighted by Crippen LogP contribution is 2.50. The summed E-state index contributed by atoms with van der Waals surface area (Å²) in [6, 6.07) is 84.4. The van der Waals surface area contributed by atoms with Crippen LogP contribution in [0.2, 0.25) is 0 Å². The highest BCUT2D eigenvalue weighted by Gasteiger charge is 2.26. The molecule has 0 atom stereocenters. The third kappa shape index (κ3) is 5.35. The summed E-state index contributed by atoms with van der Waals surface area (Å²) in [6.45, 7) is 0. The van der Waals surface area contributed by atoms with Gasteiger partial charge in [-0.15, -0.1) is 0 Å². The monoisotopic (exact) mass is 762 g/mol. The summed E-state index contributed by atoms with van der Waals surface area (Å²) in [7, 11) is 0. The molecule has 0 saturated heterocycles. The lowest BCUT2D eigenvalue weighted by Gasteiger charge is -2.30. The lowest BCUT2D eigenvalue weighted by atomic mass is 9.91. The minimum atomic E-state index is 1.09. The Kier molecular flexibility index (Phi) is 7.89. The number of nitrogens with zero attached hydrogens (tertiary/aromatic N) is 2. The van der Waals surface area contributed by atoms with Crippen LogP contribution in [0.1, 0.15) is 0 Å². The Hall–Kier alpha value is -7.94. The van der Waals surface area contributed by atoms with Crippen molar-refractivity contribution in [3.63, 3.8) is 0 Å². The second kappa shape index (κ2) is 13.9. The van der Waals surface area contributed by atoms with E-state index >= 15 is 0 Å². The maximum absolute atomic E-state index is 2.55. The molecule has 12 rings (SSSR count). The van der Waals surface area contributed by atoms with Crippen LogP contribution in [-0.2, 0) is 0 Å². The molecular weight excluding hydrogens is 725 g/mol. The molecule has 0 radical (unpaired) electrons. The summed E-state index contributed by atoms with van der Waals surface area (Å²) in [6.07, 6.45) is 0. The maximum atomic E-state index is 2.55. The van der Waals surface area contributed by atoms with E-state index in [-0.39, 0.29) is 0 Å². The zero-order valence-electron chi connectivity index (χ0n) is 32.8. The molecule has 0 aliphatic carbocycles. The predicted octanol–water partition coefficient (Wildman–Crippen LogP) is 16.2. The third-order valence-corrected chi connectivity index (χ3v) is 12.3. The van der Waals surface area contributed by atoms with Gasteiger partial charge in [-0.3, -0.25) is 0 Å². The quantitative estimate of drug-likeness (QED) is 0.153. The van der Waals surface area contributed by atoms with E-state index in [1.165, 1.54) is 92.8 Å². The summed E-state index contributed by atoms with van der Waals surface area (Å²) in [4.78, 5) is 2.55. The molecule has 0 amide bonds. The van der Waals surface area contributed by atoms with Crippen LogP contribution in [0.5, 0.6) is 0 Å². The molecule has 2 heteroatoms. The van der Waals surface area contributed by atoms with Gasteiger partial charge in [0.1, 0.15) is 0 Å². The van der Waals surface area contributed by atoms with Crippen LogP contribution >= 0.6 is 0 Å². The van der Waals surface area contributed by atoms with Crippen LogP contribution in [0, 0.1) is 0 Å². The summed E-state index contributed by atoms with van der Waals surface area (Å²) in [5.74, 6) is 0. The molecule has 0 aliphatic rings. The average molecular weight is 763 g/mol. The molecular formula is C58H38N2. The van der Waals surface area contributed by atoms with Crippen LogP contribution in [0.4, 0.5) is 17.1 Å². The fourth-order valence-corrected chi connectivity index (χ4v) is 9.69. The summed E-state index contributed by atoms with van der Waals surface area (Å²) in [5.41, 5.74) is 11.8. The number of fused-ring (bicyclic) bond motifs is 8. The minimum absolute atomic E-state index is 1.09. The number of anilines is 3. The molecule has 0 bridgehead atoms. The molecule has 0 spiro atoms. The maximum Gasteiger partial charge on any atom is 0.0640 e. The number of aromatic nitrogens is 1. The van der Waals surface area contributed by atoms with Crippen molar-refractivity contribution in [2.75, 3.05) is 4.90 Å². The molecule has 0 unspecified atom stereocenters. The molecule has 12 aromatic rings. The van der Waals surface area contributed by atoms with Gasteiger partial charge in [0.2, 0.25) is 0 Å². The van der Waals surface area contributed by atoms with Crippen LogP contribution in [0.15, 0.2) is 231 Å². The van der Waals surface area contributed by atoms with Crippen molar-refractivity contribution >= 4 is 82.0 Å². The Bertz CT molecular complexity index is 3580. The Balaban J connectivity index is 1.18. The molecule has 0 saturated carbocycles. The van der Waals surface area contributed by atoms with Crippen molar-refractivity contribution in [3.8, 4) is 27.9 Å². The predicted molar refractivity (Wildman–Crippen MR) is 256 cm³/mol. The minimum Gasteiger partial charge on any atom is -0.309 e. The second-order valence-electron chi connectivity index (χ2n) is 15.6. The van der Waals surface area contributed by atoms with Crippen molar-refractivity contribution in [3.05, 3.63) is 231 Å². The van der Waals surface area contributed by atoms with Gasteiger partial charge in [-0.1, -0.05) is 188 Å². The average Bonchev–Trinajstić information content (AvgIpc) is 3.65. The first-order valence-corrected chi connectivity index (χ1v) is 20.7. The van der Waals surface area contributed by atoms with E-state index in [9.17, 15) is 0 Å². The van der Waals surface area contributed by atoms with Crippen molar-refractivity contribution in [2.45, 2.75) is 0 Å². The first kappa shape index (κ1) is 34.1. The van der Waals surface area contributed by atoms with Gasteiger partial charge in [0, 0.05) is 32.9 Å². The van der Waals surface area contributed by atoms with Crippen LogP contribution in [-0.4, -0.2) is 4.57 Å². The zero-order chi connectivity index (χ0) is 39.6. The van der Waals surface area contributed by atoms with Crippen molar-refractivity contribution in [2.24, 2.45) is 0 Å². The molecule has 0 fully saturated rings. The lowest BCUT2D eigenvalue weighted by molar-refractivity contribution is 1.18. The number of hydrogen-bond acceptors (Lipinski definition) is 1. The fourth-order valence-electron chi connectivity index (χ4n) is 9.69. The van der Waals surface area contributed by atoms with E-state index in [0.717, 1.165) is 17.1 Å². The molecule has 0 aliphatic heterocycles. The Morgan fingerprint density at radius 2 is 0.850 bits per heavy atom. The molecule has 2 nitrogen and oxygen atoms in total. The number of hydrogen-bond donors (Lipinski definition) is 0. The van der Waals surface area contributed by atoms with Gasteiger partial charge in [0.05, 0.1) is 22.4 Å². The van der Waals surface area contributed by atoms with E-state index < -0.39 is 0 Å². The fraction of sp³-hybridized carbons (Fsp3) is 0. The topological polar surface area (TPSA) is 8.17 Å². The van der Waals surface area contributed by atoms with Crippen molar-refractivity contribution in [1.82, 2.24) is 4.57 Å². The Morgan fingerprint density at radius 3 is 1.57 bits per heavy atom. The molecule has 1 heterocycles. The first-order valence-electron chi connectivity index (χ1n) is 20.7. The van der Waals surface area contributed by atoms with Crippen LogP contribution in [0.3, 0.4) is 0 Å². The highest BCUT2D eigenvalue weighted by atomic mass is 15.2. The first-order chi connectivity index (χ1) is 29.8. The van der Waals surface area contributed by atoms with Gasteiger partial charge in [0.25, 0.3) is 0 Å². The van der Waals surface area contributed by atoms with E-state index in [0.29, 0.717) is 0 Å². The second-order valence-corrected chi connectivity index (χ2v) is 15.6. The summed E-state index contributed by atoms with van der Waals surface area (Å²) < 4.78 is 2.44. The Labute approximate surface area is 348 Å². The number of para-hydroxylation sites is 2. The van der Waals surface area contributed by atoms with Gasteiger partial charge in [-0.05, 0) is 97.0 Å². The molecule has 280 valence electrons. The highest BCUT2D eigenvalue weighted by molar-refractivity contribution is 6.25. The third-order valence-electron chi connectivity index (χ3n) is 12.3. The summed E-state index contributed by atoms with van der Waals surface area (Å²) >= 11 is 0. The van der Waals surface area contributed by atoms with E-state index in [4.69, 9.17) is 0 Å². The summed E-state index contributed by atoms with van der Waals surface area (Å²) in [5, 5.41) is 12.2. The van der Waals surface area contributed by atoms with Gasteiger partial charge in [-0.2, -0.15) is 0 Å². The van der Waals surface area contributed by atoms with Gasteiger partial charge in [0.15, 0.2) is 0 Å². The van der Waals surface area contributed by atoms with E-state index in [2.05, 4.69) is 240 Å². The van der Waals surface area contributed by atoms with Gasteiger partial charge in [-0.25, -0.2) is 0 Å². The number of rotatable bonds is 6.